The third-order valence-electron chi connectivity index (χ3n) is 4.09. The number of rotatable bonds is 1. The highest BCUT2D eigenvalue weighted by Crippen LogP contribution is 2.55. The lowest BCUT2D eigenvalue weighted by Crippen LogP contribution is -2.29. The lowest BCUT2D eigenvalue weighted by molar-refractivity contribution is -0.140. The summed E-state index contributed by atoms with van der Waals surface area (Å²) >= 11 is 0. The molecule has 2 atom stereocenters. The van der Waals surface area contributed by atoms with Crippen LogP contribution in [0.25, 0.3) is 0 Å². The zero-order chi connectivity index (χ0) is 12.9. The first kappa shape index (κ1) is 11.3. The molecule has 3 rings (SSSR count). The first-order valence-electron chi connectivity index (χ1n) is 6.01. The standard InChI is InChI=1S/C14H14O4/c1-8-10(15)3-5-14(2)11(8)13(16)18-12(14)9-4-6-17-7-9/h4,6-7,12H,3,5H2,1-2H3/t12-,14+/m1/s1. The molecule has 0 aromatic carbocycles. The van der Waals surface area contributed by atoms with E-state index in [9.17, 15) is 9.59 Å². The Hall–Kier alpha value is -1.84. The van der Waals surface area contributed by atoms with E-state index >= 15 is 0 Å². The van der Waals surface area contributed by atoms with E-state index < -0.39 is 5.41 Å². The van der Waals surface area contributed by atoms with Gasteiger partial charge in [-0.2, -0.15) is 0 Å². The summed E-state index contributed by atoms with van der Waals surface area (Å²) in [6, 6.07) is 1.80. The Bertz CT molecular complexity index is 552. The Morgan fingerprint density at radius 1 is 1.39 bits per heavy atom. The Balaban J connectivity index is 2.14. The molecule has 0 bridgehead atoms. The fraction of sp³-hybridized carbons (Fsp3) is 0.429. The van der Waals surface area contributed by atoms with Gasteiger partial charge in [0.2, 0.25) is 0 Å². The highest BCUT2D eigenvalue weighted by Gasteiger charge is 2.54. The first-order valence-corrected chi connectivity index (χ1v) is 6.01. The van der Waals surface area contributed by atoms with Crippen molar-refractivity contribution in [3.8, 4) is 0 Å². The summed E-state index contributed by atoms with van der Waals surface area (Å²) in [5.74, 6) is -0.318. The van der Waals surface area contributed by atoms with E-state index in [4.69, 9.17) is 9.15 Å². The van der Waals surface area contributed by atoms with Crippen LogP contribution in [0, 0.1) is 5.41 Å². The Kier molecular flexibility index (Phi) is 2.24. The molecule has 0 radical (unpaired) electrons. The largest absolute Gasteiger partial charge is 0.472 e. The van der Waals surface area contributed by atoms with Gasteiger partial charge < -0.3 is 9.15 Å². The Morgan fingerprint density at radius 3 is 2.83 bits per heavy atom. The predicted molar refractivity (Wildman–Crippen MR) is 62.6 cm³/mol. The van der Waals surface area contributed by atoms with Gasteiger partial charge in [0.25, 0.3) is 0 Å². The summed E-state index contributed by atoms with van der Waals surface area (Å²) in [5, 5.41) is 0. The molecular formula is C14H14O4. The van der Waals surface area contributed by atoms with Gasteiger partial charge in [0.15, 0.2) is 5.78 Å². The van der Waals surface area contributed by atoms with Crippen LogP contribution in [-0.2, 0) is 14.3 Å². The fourth-order valence-corrected chi connectivity index (χ4v) is 3.06. The van der Waals surface area contributed by atoms with Crippen molar-refractivity contribution in [3.63, 3.8) is 0 Å². The molecule has 0 amide bonds. The van der Waals surface area contributed by atoms with Gasteiger partial charge in [0, 0.05) is 23.0 Å². The second-order valence-corrected chi connectivity index (χ2v) is 5.18. The molecule has 18 heavy (non-hydrogen) atoms. The third-order valence-corrected chi connectivity index (χ3v) is 4.09. The zero-order valence-electron chi connectivity index (χ0n) is 10.4. The van der Waals surface area contributed by atoms with Crippen molar-refractivity contribution in [2.75, 3.05) is 0 Å². The lowest BCUT2D eigenvalue weighted by Gasteiger charge is -2.32. The average molecular weight is 246 g/mol. The van der Waals surface area contributed by atoms with E-state index in [2.05, 4.69) is 0 Å². The van der Waals surface area contributed by atoms with Gasteiger partial charge in [-0.15, -0.1) is 0 Å². The Labute approximate surface area is 105 Å². The molecule has 2 aliphatic rings. The molecule has 4 heteroatoms. The number of ketones is 1. The average Bonchev–Trinajstić information content (AvgIpc) is 2.92. The maximum atomic E-state index is 12.0. The van der Waals surface area contributed by atoms with Crippen molar-refractivity contribution >= 4 is 11.8 Å². The van der Waals surface area contributed by atoms with E-state index in [0.717, 1.165) is 5.56 Å². The smallest absolute Gasteiger partial charge is 0.335 e. The number of furan rings is 1. The number of allylic oxidation sites excluding steroid dienone is 1. The van der Waals surface area contributed by atoms with Crippen LogP contribution >= 0.6 is 0 Å². The van der Waals surface area contributed by atoms with E-state index in [1.165, 1.54) is 0 Å². The lowest BCUT2D eigenvalue weighted by atomic mass is 9.68. The number of ether oxygens (including phenoxy) is 1. The highest BCUT2D eigenvalue weighted by atomic mass is 16.6. The van der Waals surface area contributed by atoms with Gasteiger partial charge in [-0.1, -0.05) is 6.92 Å². The summed E-state index contributed by atoms with van der Waals surface area (Å²) in [5.41, 5.74) is 1.53. The Morgan fingerprint density at radius 2 is 2.17 bits per heavy atom. The molecule has 2 heterocycles. The fourth-order valence-electron chi connectivity index (χ4n) is 3.06. The van der Waals surface area contributed by atoms with Crippen molar-refractivity contribution in [2.24, 2.45) is 5.41 Å². The number of hydrogen-bond donors (Lipinski definition) is 0. The number of esters is 1. The molecule has 1 fully saturated rings. The summed E-state index contributed by atoms with van der Waals surface area (Å²) in [7, 11) is 0. The zero-order valence-corrected chi connectivity index (χ0v) is 10.4. The summed E-state index contributed by atoms with van der Waals surface area (Å²) in [6.07, 6.45) is 3.92. The van der Waals surface area contributed by atoms with E-state index in [-0.39, 0.29) is 17.9 Å². The van der Waals surface area contributed by atoms with E-state index in [1.807, 2.05) is 6.92 Å². The number of carbonyl (C=O) groups is 2. The van der Waals surface area contributed by atoms with Crippen LogP contribution in [0.2, 0.25) is 0 Å². The van der Waals surface area contributed by atoms with Crippen LogP contribution in [-0.4, -0.2) is 11.8 Å². The van der Waals surface area contributed by atoms with Crippen LogP contribution in [0.5, 0.6) is 0 Å². The van der Waals surface area contributed by atoms with E-state index in [1.54, 1.807) is 25.5 Å². The van der Waals surface area contributed by atoms with Gasteiger partial charge >= 0.3 is 5.97 Å². The molecule has 1 aromatic heterocycles. The first-order chi connectivity index (χ1) is 8.54. The molecule has 1 aliphatic carbocycles. The van der Waals surface area contributed by atoms with Crippen molar-refractivity contribution in [1.82, 2.24) is 0 Å². The molecule has 1 saturated heterocycles. The minimum absolute atomic E-state index is 0.0484. The van der Waals surface area contributed by atoms with Crippen molar-refractivity contribution in [1.29, 1.82) is 0 Å². The minimum atomic E-state index is -0.418. The monoisotopic (exact) mass is 246 g/mol. The molecular weight excluding hydrogens is 232 g/mol. The summed E-state index contributed by atoms with van der Waals surface area (Å²) in [4.78, 5) is 23.7. The second kappa shape index (κ2) is 3.57. The van der Waals surface area contributed by atoms with E-state index in [0.29, 0.717) is 24.0 Å². The van der Waals surface area contributed by atoms with Gasteiger partial charge in [-0.25, -0.2) is 4.79 Å². The third kappa shape index (κ3) is 1.32. The van der Waals surface area contributed by atoms with Crippen LogP contribution in [0.3, 0.4) is 0 Å². The summed E-state index contributed by atoms with van der Waals surface area (Å²) < 4.78 is 10.5. The molecule has 0 unspecified atom stereocenters. The number of Topliss-reactive ketones (excluding diaryl/α,β-unsaturated/α-hetero) is 1. The quantitative estimate of drug-likeness (QED) is 0.714. The second-order valence-electron chi connectivity index (χ2n) is 5.18. The van der Waals surface area contributed by atoms with Gasteiger partial charge in [-0.3, -0.25) is 4.79 Å². The van der Waals surface area contributed by atoms with Gasteiger partial charge in [0.1, 0.15) is 6.10 Å². The maximum Gasteiger partial charge on any atom is 0.335 e. The predicted octanol–water partition coefficient (Wildman–Crippen LogP) is 2.56. The molecule has 1 aromatic rings. The van der Waals surface area contributed by atoms with Gasteiger partial charge in [0.05, 0.1) is 18.1 Å². The number of fused-ring (bicyclic) bond motifs is 1. The highest BCUT2D eigenvalue weighted by molar-refractivity contribution is 6.06. The van der Waals surface area contributed by atoms with Crippen LogP contribution in [0.4, 0.5) is 0 Å². The molecule has 0 saturated carbocycles. The normalized spacial score (nSPS) is 31.6. The molecule has 0 N–H and O–H groups in total. The van der Waals surface area contributed by atoms with Crippen LogP contribution in [0.1, 0.15) is 38.4 Å². The van der Waals surface area contributed by atoms with Crippen molar-refractivity contribution < 1.29 is 18.7 Å². The van der Waals surface area contributed by atoms with Crippen LogP contribution < -0.4 is 0 Å². The topological polar surface area (TPSA) is 56.5 Å². The minimum Gasteiger partial charge on any atom is -0.472 e. The number of carbonyl (C=O) groups excluding carboxylic acids is 2. The number of hydrogen-bond acceptors (Lipinski definition) is 4. The molecule has 94 valence electrons. The summed E-state index contributed by atoms with van der Waals surface area (Å²) in [6.45, 7) is 3.70. The molecule has 1 aliphatic heterocycles. The molecule has 4 nitrogen and oxygen atoms in total. The number of cyclic esters (lactones) is 1. The maximum absolute atomic E-state index is 12.0. The van der Waals surface area contributed by atoms with Crippen LogP contribution in [0.15, 0.2) is 34.2 Å². The van der Waals surface area contributed by atoms with Crippen molar-refractivity contribution in [3.05, 3.63) is 35.3 Å². The SMILES string of the molecule is CC1=C2C(=O)O[C@H](c3ccoc3)[C@@]2(C)CCC1=O. The van der Waals surface area contributed by atoms with Crippen molar-refractivity contribution in [2.45, 2.75) is 32.8 Å². The van der Waals surface area contributed by atoms with Gasteiger partial charge in [-0.05, 0) is 19.4 Å². The molecule has 0 spiro atoms.